The molecule has 1 N–H and O–H groups in total. The van der Waals surface area contributed by atoms with Gasteiger partial charge in [-0.25, -0.2) is 5.43 Å². The normalized spacial score (nSPS) is 19.5. The van der Waals surface area contributed by atoms with Crippen LogP contribution >= 0.6 is 15.9 Å². The minimum Gasteiger partial charge on any atom is -0.378 e. The van der Waals surface area contributed by atoms with Crippen LogP contribution in [0.25, 0.3) is 0 Å². The third kappa shape index (κ3) is 5.12. The minimum atomic E-state index is -0.0989. The molecule has 1 fully saturated rings. The molecule has 0 spiro atoms. The quantitative estimate of drug-likeness (QED) is 0.684. The Hall–Kier alpha value is -1.20. The number of nitrogens with one attached hydrogen (secondary N) is 1. The molecule has 102 valence electrons. The van der Waals surface area contributed by atoms with Crippen LogP contribution in [0.15, 0.2) is 33.8 Å². The highest BCUT2D eigenvalue weighted by molar-refractivity contribution is 9.10. The molecule has 2 rings (SSSR count). The van der Waals surface area contributed by atoms with E-state index in [1.807, 2.05) is 24.3 Å². The van der Waals surface area contributed by atoms with Crippen molar-refractivity contribution in [1.29, 1.82) is 0 Å². The lowest BCUT2D eigenvalue weighted by atomic mass is 10.1. The molecule has 0 aliphatic carbocycles. The van der Waals surface area contributed by atoms with Crippen molar-refractivity contribution >= 4 is 28.1 Å². The van der Waals surface area contributed by atoms with Crippen molar-refractivity contribution in [3.8, 4) is 0 Å². The maximum atomic E-state index is 11.7. The van der Waals surface area contributed by atoms with Crippen molar-refractivity contribution in [2.75, 3.05) is 6.61 Å². The zero-order valence-corrected chi connectivity index (χ0v) is 12.2. The highest BCUT2D eigenvalue weighted by Gasteiger charge is 2.17. The molecule has 0 saturated carbocycles. The Morgan fingerprint density at radius 3 is 3.16 bits per heavy atom. The second-order valence-corrected chi connectivity index (χ2v) is 5.46. The van der Waals surface area contributed by atoms with Gasteiger partial charge in [-0.05, 0) is 37.0 Å². The zero-order chi connectivity index (χ0) is 13.5. The lowest BCUT2D eigenvalue weighted by Gasteiger charge is -2.21. The van der Waals surface area contributed by atoms with Crippen molar-refractivity contribution in [3.63, 3.8) is 0 Å². The number of carbonyl (C=O) groups is 1. The molecule has 1 saturated heterocycles. The van der Waals surface area contributed by atoms with Crippen LogP contribution in [-0.4, -0.2) is 24.8 Å². The fourth-order valence-electron chi connectivity index (χ4n) is 1.99. The molecule has 0 radical (unpaired) electrons. The van der Waals surface area contributed by atoms with Crippen LogP contribution in [0.1, 0.15) is 31.2 Å². The van der Waals surface area contributed by atoms with Crippen molar-refractivity contribution in [2.45, 2.75) is 31.8 Å². The van der Waals surface area contributed by atoms with Crippen LogP contribution in [0.4, 0.5) is 0 Å². The SMILES string of the molecule is O=C(CC1CCCCO1)NN=Cc1cccc(Br)c1. The largest absolute Gasteiger partial charge is 0.378 e. The molecule has 1 heterocycles. The molecule has 1 aliphatic heterocycles. The predicted octanol–water partition coefficient (Wildman–Crippen LogP) is 2.86. The number of amides is 1. The van der Waals surface area contributed by atoms with E-state index >= 15 is 0 Å². The molecular formula is C14H17BrN2O2. The average Bonchev–Trinajstić information content (AvgIpc) is 2.40. The third-order valence-electron chi connectivity index (χ3n) is 2.94. The van der Waals surface area contributed by atoms with E-state index in [0.29, 0.717) is 6.42 Å². The van der Waals surface area contributed by atoms with E-state index in [0.717, 1.165) is 35.9 Å². The Morgan fingerprint density at radius 1 is 1.53 bits per heavy atom. The van der Waals surface area contributed by atoms with Gasteiger partial charge in [0.1, 0.15) is 0 Å². The van der Waals surface area contributed by atoms with Gasteiger partial charge in [-0.3, -0.25) is 4.79 Å². The maximum absolute atomic E-state index is 11.7. The van der Waals surface area contributed by atoms with Crippen molar-refractivity contribution < 1.29 is 9.53 Å². The monoisotopic (exact) mass is 324 g/mol. The molecule has 1 aromatic rings. The van der Waals surface area contributed by atoms with E-state index in [-0.39, 0.29) is 12.0 Å². The summed E-state index contributed by atoms with van der Waals surface area (Å²) in [6, 6.07) is 7.71. The zero-order valence-electron chi connectivity index (χ0n) is 10.6. The highest BCUT2D eigenvalue weighted by Crippen LogP contribution is 2.15. The van der Waals surface area contributed by atoms with Gasteiger partial charge in [0.2, 0.25) is 5.91 Å². The summed E-state index contributed by atoms with van der Waals surface area (Å²) in [4.78, 5) is 11.7. The smallest absolute Gasteiger partial charge is 0.242 e. The van der Waals surface area contributed by atoms with Crippen LogP contribution in [0, 0.1) is 0 Å². The first kappa shape index (κ1) is 14.2. The van der Waals surface area contributed by atoms with Crippen LogP contribution < -0.4 is 5.43 Å². The summed E-state index contributed by atoms with van der Waals surface area (Å²) in [5.41, 5.74) is 3.47. The summed E-state index contributed by atoms with van der Waals surface area (Å²) < 4.78 is 6.49. The van der Waals surface area contributed by atoms with E-state index in [1.165, 1.54) is 0 Å². The molecule has 1 aromatic carbocycles. The fourth-order valence-corrected chi connectivity index (χ4v) is 2.40. The first-order valence-electron chi connectivity index (χ1n) is 6.43. The van der Waals surface area contributed by atoms with Gasteiger partial charge in [0, 0.05) is 11.1 Å². The summed E-state index contributed by atoms with van der Waals surface area (Å²) >= 11 is 3.38. The molecule has 1 atom stereocenters. The Bertz CT molecular complexity index is 457. The number of hydrazone groups is 1. The van der Waals surface area contributed by atoms with E-state index in [9.17, 15) is 4.79 Å². The molecule has 1 amide bonds. The number of halogens is 1. The van der Waals surface area contributed by atoms with Gasteiger partial charge in [0.05, 0.1) is 18.7 Å². The number of hydrogen-bond donors (Lipinski definition) is 1. The van der Waals surface area contributed by atoms with E-state index in [2.05, 4.69) is 26.5 Å². The first-order chi connectivity index (χ1) is 9.24. The second kappa shape index (κ2) is 7.40. The summed E-state index contributed by atoms with van der Waals surface area (Å²) in [6.07, 6.45) is 5.26. The highest BCUT2D eigenvalue weighted by atomic mass is 79.9. The van der Waals surface area contributed by atoms with Gasteiger partial charge < -0.3 is 4.74 Å². The van der Waals surface area contributed by atoms with Crippen LogP contribution in [0.3, 0.4) is 0 Å². The lowest BCUT2D eigenvalue weighted by Crippen LogP contribution is -2.27. The summed E-state index contributed by atoms with van der Waals surface area (Å²) in [5.74, 6) is -0.0989. The molecule has 1 aliphatic rings. The lowest BCUT2D eigenvalue weighted by molar-refractivity contribution is -0.124. The van der Waals surface area contributed by atoms with Gasteiger partial charge in [-0.15, -0.1) is 0 Å². The van der Waals surface area contributed by atoms with Crippen LogP contribution in [-0.2, 0) is 9.53 Å². The van der Waals surface area contributed by atoms with Crippen LogP contribution in [0.5, 0.6) is 0 Å². The number of nitrogens with zero attached hydrogens (tertiary/aromatic N) is 1. The number of benzene rings is 1. The molecule has 19 heavy (non-hydrogen) atoms. The van der Waals surface area contributed by atoms with E-state index in [4.69, 9.17) is 4.74 Å². The third-order valence-corrected chi connectivity index (χ3v) is 3.43. The topological polar surface area (TPSA) is 50.7 Å². The fraction of sp³-hybridized carbons (Fsp3) is 0.429. The molecule has 4 nitrogen and oxygen atoms in total. The molecule has 0 aromatic heterocycles. The molecule has 1 unspecified atom stereocenters. The number of rotatable bonds is 4. The Kier molecular flexibility index (Phi) is 5.54. The Morgan fingerprint density at radius 2 is 2.42 bits per heavy atom. The van der Waals surface area contributed by atoms with Crippen molar-refractivity contribution in [3.05, 3.63) is 34.3 Å². The van der Waals surface area contributed by atoms with Gasteiger partial charge >= 0.3 is 0 Å². The molecule has 0 bridgehead atoms. The predicted molar refractivity (Wildman–Crippen MR) is 78.1 cm³/mol. The first-order valence-corrected chi connectivity index (χ1v) is 7.22. The number of ether oxygens (including phenoxy) is 1. The maximum Gasteiger partial charge on any atom is 0.242 e. The van der Waals surface area contributed by atoms with E-state index in [1.54, 1.807) is 6.21 Å². The average molecular weight is 325 g/mol. The number of hydrogen-bond acceptors (Lipinski definition) is 3. The van der Waals surface area contributed by atoms with Crippen molar-refractivity contribution in [1.82, 2.24) is 5.43 Å². The molecule has 5 heteroatoms. The summed E-state index contributed by atoms with van der Waals surface area (Å²) in [6.45, 7) is 0.763. The summed E-state index contributed by atoms with van der Waals surface area (Å²) in [7, 11) is 0. The Labute approximate surface area is 121 Å². The van der Waals surface area contributed by atoms with Gasteiger partial charge in [-0.2, -0.15) is 5.10 Å². The van der Waals surface area contributed by atoms with Gasteiger partial charge in [0.25, 0.3) is 0 Å². The Balaban J connectivity index is 1.76. The van der Waals surface area contributed by atoms with E-state index < -0.39 is 0 Å². The minimum absolute atomic E-state index is 0.0508. The standard InChI is InChI=1S/C14H17BrN2O2/c15-12-5-3-4-11(8-12)10-16-17-14(18)9-13-6-1-2-7-19-13/h3-5,8,10,13H,1-2,6-7,9H2,(H,17,18). The van der Waals surface area contributed by atoms with Gasteiger partial charge in [-0.1, -0.05) is 28.1 Å². The number of carbonyl (C=O) groups excluding carboxylic acids is 1. The molecular weight excluding hydrogens is 308 g/mol. The van der Waals surface area contributed by atoms with Crippen molar-refractivity contribution in [2.24, 2.45) is 5.10 Å². The van der Waals surface area contributed by atoms with Crippen LogP contribution in [0.2, 0.25) is 0 Å². The van der Waals surface area contributed by atoms with Gasteiger partial charge in [0.15, 0.2) is 0 Å². The summed E-state index contributed by atoms with van der Waals surface area (Å²) in [5, 5.41) is 3.95. The second-order valence-electron chi connectivity index (χ2n) is 4.54.